The molecular formula is C19H28N4O3. The molecule has 2 aliphatic heterocycles. The van der Waals surface area contributed by atoms with Crippen LogP contribution in [0.25, 0.3) is 0 Å². The summed E-state index contributed by atoms with van der Waals surface area (Å²) in [7, 11) is 1.65. The minimum Gasteiger partial charge on any atom is -0.496 e. The van der Waals surface area contributed by atoms with Gasteiger partial charge in [-0.15, -0.1) is 0 Å². The zero-order valence-electron chi connectivity index (χ0n) is 15.3. The average Bonchev–Trinajstić information content (AvgIpc) is 3.22. The Morgan fingerprint density at radius 1 is 1.31 bits per heavy atom. The van der Waals surface area contributed by atoms with Gasteiger partial charge in [-0.2, -0.15) is 0 Å². The molecule has 0 bridgehead atoms. The highest BCUT2D eigenvalue weighted by Gasteiger charge is 2.29. The van der Waals surface area contributed by atoms with E-state index >= 15 is 0 Å². The second kappa shape index (κ2) is 9.00. The summed E-state index contributed by atoms with van der Waals surface area (Å²) in [6, 6.07) is 7.65. The third kappa shape index (κ3) is 4.34. The molecule has 0 saturated carbocycles. The molecular weight excluding hydrogens is 332 g/mol. The number of methoxy groups -OCH3 is 1. The molecule has 1 aromatic rings. The summed E-state index contributed by atoms with van der Waals surface area (Å²) < 4.78 is 5.47. The number of benzene rings is 1. The van der Waals surface area contributed by atoms with Crippen LogP contribution in [0.5, 0.6) is 5.75 Å². The van der Waals surface area contributed by atoms with Gasteiger partial charge in [0.1, 0.15) is 5.75 Å². The summed E-state index contributed by atoms with van der Waals surface area (Å²) in [5, 5.41) is 9.41. The predicted molar refractivity (Wildman–Crippen MR) is 99.0 cm³/mol. The van der Waals surface area contributed by atoms with Crippen LogP contribution >= 0.6 is 0 Å². The van der Waals surface area contributed by atoms with E-state index in [1.165, 1.54) is 0 Å². The van der Waals surface area contributed by atoms with Crippen LogP contribution in [0.1, 0.15) is 30.9 Å². The highest BCUT2D eigenvalue weighted by molar-refractivity contribution is 5.83. The van der Waals surface area contributed by atoms with E-state index in [0.29, 0.717) is 26.1 Å². The van der Waals surface area contributed by atoms with Crippen LogP contribution in [0.15, 0.2) is 24.3 Å². The lowest BCUT2D eigenvalue weighted by molar-refractivity contribution is -0.134. The van der Waals surface area contributed by atoms with Gasteiger partial charge in [0.15, 0.2) is 0 Å². The first kappa shape index (κ1) is 18.7. The minimum atomic E-state index is -0.106. The molecule has 26 heavy (non-hydrogen) atoms. The molecule has 2 aliphatic rings. The zero-order valence-corrected chi connectivity index (χ0v) is 15.3. The Labute approximate surface area is 154 Å². The summed E-state index contributed by atoms with van der Waals surface area (Å²) in [5.74, 6) is 0.846. The SMILES string of the molecule is COc1ccccc1C1CNCCN1C(=O)CCNC(=O)C1CCCN1. The second-order valence-electron chi connectivity index (χ2n) is 6.74. The Morgan fingerprint density at radius 2 is 2.15 bits per heavy atom. The molecule has 7 nitrogen and oxygen atoms in total. The summed E-state index contributed by atoms with van der Waals surface area (Å²) in [6.07, 6.45) is 2.20. The Bertz CT molecular complexity index is 631. The molecule has 0 spiro atoms. The molecule has 3 rings (SSSR count). The molecule has 2 saturated heterocycles. The summed E-state index contributed by atoms with van der Waals surface area (Å²) in [5.41, 5.74) is 1.01. The molecule has 0 aromatic heterocycles. The van der Waals surface area contributed by atoms with Gasteiger partial charge in [0.2, 0.25) is 11.8 Å². The first-order chi connectivity index (χ1) is 12.7. The van der Waals surface area contributed by atoms with Crippen LogP contribution in [0, 0.1) is 0 Å². The lowest BCUT2D eigenvalue weighted by Gasteiger charge is -2.37. The van der Waals surface area contributed by atoms with Gasteiger partial charge in [-0.1, -0.05) is 18.2 Å². The topological polar surface area (TPSA) is 82.7 Å². The number of hydrogen-bond acceptors (Lipinski definition) is 5. The van der Waals surface area contributed by atoms with Gasteiger partial charge >= 0.3 is 0 Å². The van der Waals surface area contributed by atoms with Crippen LogP contribution in [0.4, 0.5) is 0 Å². The van der Waals surface area contributed by atoms with Crippen LogP contribution < -0.4 is 20.7 Å². The van der Waals surface area contributed by atoms with Crippen molar-refractivity contribution in [3.63, 3.8) is 0 Å². The van der Waals surface area contributed by atoms with Crippen molar-refractivity contribution in [2.75, 3.05) is 39.8 Å². The normalized spacial score (nSPS) is 22.9. The predicted octanol–water partition coefficient (Wildman–Crippen LogP) is 0.426. The number of rotatable bonds is 6. The summed E-state index contributed by atoms with van der Waals surface area (Å²) in [6.45, 7) is 3.39. The van der Waals surface area contributed by atoms with Gasteiger partial charge < -0.3 is 25.6 Å². The molecule has 2 heterocycles. The van der Waals surface area contributed by atoms with Crippen molar-refractivity contribution < 1.29 is 14.3 Å². The first-order valence-corrected chi connectivity index (χ1v) is 9.35. The number of piperazine rings is 1. The van der Waals surface area contributed by atoms with E-state index in [0.717, 1.165) is 37.2 Å². The van der Waals surface area contributed by atoms with Crippen LogP contribution in [0.3, 0.4) is 0 Å². The number of ether oxygens (including phenoxy) is 1. The maximum Gasteiger partial charge on any atom is 0.237 e. The molecule has 0 aliphatic carbocycles. The number of para-hydroxylation sites is 1. The Morgan fingerprint density at radius 3 is 2.92 bits per heavy atom. The number of nitrogens with one attached hydrogen (secondary N) is 3. The van der Waals surface area contributed by atoms with E-state index in [-0.39, 0.29) is 23.9 Å². The molecule has 142 valence electrons. The molecule has 0 radical (unpaired) electrons. The molecule has 2 fully saturated rings. The third-order valence-corrected chi connectivity index (χ3v) is 5.08. The van der Waals surface area contributed by atoms with Gasteiger partial charge in [-0.05, 0) is 25.5 Å². The van der Waals surface area contributed by atoms with Crippen molar-refractivity contribution in [1.29, 1.82) is 0 Å². The van der Waals surface area contributed by atoms with Gasteiger partial charge in [0.05, 0.1) is 19.2 Å². The maximum absolute atomic E-state index is 12.8. The van der Waals surface area contributed by atoms with Crippen molar-refractivity contribution in [2.45, 2.75) is 31.3 Å². The lowest BCUT2D eigenvalue weighted by Crippen LogP contribution is -2.49. The minimum absolute atomic E-state index is 0.00288. The quantitative estimate of drug-likeness (QED) is 0.685. The fourth-order valence-corrected chi connectivity index (χ4v) is 3.69. The van der Waals surface area contributed by atoms with Crippen molar-refractivity contribution in [1.82, 2.24) is 20.9 Å². The molecule has 7 heteroatoms. The molecule has 1 aromatic carbocycles. The van der Waals surface area contributed by atoms with Gasteiger partial charge in [-0.3, -0.25) is 9.59 Å². The van der Waals surface area contributed by atoms with Crippen LogP contribution in [-0.4, -0.2) is 62.6 Å². The molecule has 3 N–H and O–H groups in total. The first-order valence-electron chi connectivity index (χ1n) is 9.35. The fraction of sp³-hybridized carbons (Fsp3) is 0.579. The summed E-state index contributed by atoms with van der Waals surface area (Å²) in [4.78, 5) is 26.7. The van der Waals surface area contributed by atoms with E-state index in [1.54, 1.807) is 7.11 Å². The van der Waals surface area contributed by atoms with E-state index in [2.05, 4.69) is 16.0 Å². The second-order valence-corrected chi connectivity index (χ2v) is 6.74. The van der Waals surface area contributed by atoms with Crippen molar-refractivity contribution >= 4 is 11.8 Å². The smallest absolute Gasteiger partial charge is 0.237 e. The highest BCUT2D eigenvalue weighted by atomic mass is 16.5. The van der Waals surface area contributed by atoms with E-state index in [1.807, 2.05) is 29.2 Å². The third-order valence-electron chi connectivity index (χ3n) is 5.08. The van der Waals surface area contributed by atoms with Gasteiger partial charge in [0, 0.05) is 38.2 Å². The highest BCUT2D eigenvalue weighted by Crippen LogP contribution is 2.30. The fourth-order valence-electron chi connectivity index (χ4n) is 3.69. The van der Waals surface area contributed by atoms with Gasteiger partial charge in [-0.25, -0.2) is 0 Å². The standard InChI is InChI=1S/C19H28N4O3/c1-26-17-7-3-2-5-14(17)16-13-20-11-12-23(16)18(24)8-10-22-19(25)15-6-4-9-21-15/h2-3,5,7,15-16,20-21H,4,6,8-13H2,1H3,(H,22,25). The van der Waals surface area contributed by atoms with E-state index in [9.17, 15) is 9.59 Å². The Kier molecular flexibility index (Phi) is 6.46. The number of hydrogen-bond donors (Lipinski definition) is 3. The van der Waals surface area contributed by atoms with E-state index < -0.39 is 0 Å². The molecule has 2 amide bonds. The average molecular weight is 360 g/mol. The Balaban J connectivity index is 1.58. The number of carbonyl (C=O) groups is 2. The van der Waals surface area contributed by atoms with E-state index in [4.69, 9.17) is 4.74 Å². The monoisotopic (exact) mass is 360 g/mol. The number of carbonyl (C=O) groups excluding carboxylic acids is 2. The zero-order chi connectivity index (χ0) is 18.4. The summed E-state index contributed by atoms with van der Waals surface area (Å²) >= 11 is 0. The lowest BCUT2D eigenvalue weighted by atomic mass is 10.0. The van der Waals surface area contributed by atoms with Crippen LogP contribution in [-0.2, 0) is 9.59 Å². The number of nitrogens with zero attached hydrogens (tertiary/aromatic N) is 1. The van der Waals surface area contributed by atoms with Gasteiger partial charge in [0.25, 0.3) is 0 Å². The van der Waals surface area contributed by atoms with Crippen molar-refractivity contribution in [2.24, 2.45) is 0 Å². The van der Waals surface area contributed by atoms with Crippen LogP contribution in [0.2, 0.25) is 0 Å². The number of amides is 2. The van der Waals surface area contributed by atoms with Crippen molar-refractivity contribution in [3.05, 3.63) is 29.8 Å². The maximum atomic E-state index is 12.8. The molecule has 2 unspecified atom stereocenters. The largest absolute Gasteiger partial charge is 0.496 e. The molecule has 2 atom stereocenters. The Hall–Kier alpha value is -2.12. The van der Waals surface area contributed by atoms with Crippen molar-refractivity contribution in [3.8, 4) is 5.75 Å².